The molecule has 0 atom stereocenters. The molecule has 2 rings (SSSR count). The van der Waals surface area contributed by atoms with Crippen LogP contribution in [0.15, 0.2) is 10.9 Å². The number of halogens is 3. The summed E-state index contributed by atoms with van der Waals surface area (Å²) in [7, 11) is 0. The molecule has 1 fully saturated rings. The molecule has 1 saturated carbocycles. The normalized spacial score (nSPS) is 15.8. The summed E-state index contributed by atoms with van der Waals surface area (Å²) < 4.78 is 38.1. The molecule has 0 aliphatic heterocycles. The molecule has 4 nitrogen and oxygen atoms in total. The van der Waals surface area contributed by atoms with E-state index in [2.05, 4.69) is 10.3 Å². The highest BCUT2D eigenvalue weighted by Crippen LogP contribution is 2.30. The van der Waals surface area contributed by atoms with Crippen LogP contribution in [0.3, 0.4) is 0 Å². The lowest BCUT2D eigenvalue weighted by Crippen LogP contribution is -2.31. The second kappa shape index (κ2) is 5.30. The van der Waals surface area contributed by atoms with Gasteiger partial charge >= 0.3 is 6.18 Å². The third-order valence-corrected chi connectivity index (χ3v) is 3.32. The monoisotopic (exact) mass is 288 g/mol. The highest BCUT2D eigenvalue weighted by molar-refractivity contribution is 5.79. The zero-order valence-corrected chi connectivity index (χ0v) is 10.9. The number of H-pyrrole nitrogens is 1. The summed E-state index contributed by atoms with van der Waals surface area (Å²) in [6, 6.07) is 0.911. The van der Waals surface area contributed by atoms with E-state index in [1.165, 1.54) is 6.92 Å². The van der Waals surface area contributed by atoms with Crippen LogP contribution in [0.5, 0.6) is 0 Å². The zero-order valence-electron chi connectivity index (χ0n) is 10.9. The number of hydrogen-bond acceptors (Lipinski definition) is 3. The Hall–Kier alpha value is -1.79. The van der Waals surface area contributed by atoms with E-state index < -0.39 is 17.3 Å². The van der Waals surface area contributed by atoms with Gasteiger partial charge in [0.15, 0.2) is 0 Å². The van der Waals surface area contributed by atoms with Gasteiger partial charge < -0.3 is 10.3 Å². The van der Waals surface area contributed by atoms with Crippen LogP contribution in [0.4, 0.5) is 19.0 Å². The maximum Gasteiger partial charge on any atom is 0.421 e. The molecule has 0 amide bonds. The van der Waals surface area contributed by atoms with E-state index in [1.54, 1.807) is 0 Å². The van der Waals surface area contributed by atoms with Gasteiger partial charge in [-0.15, -0.1) is 0 Å². The summed E-state index contributed by atoms with van der Waals surface area (Å²) in [6.45, 7) is 1.30. The zero-order chi connectivity index (χ0) is 14.9. The van der Waals surface area contributed by atoms with Gasteiger partial charge in [-0.3, -0.25) is 9.59 Å². The molecule has 7 heteroatoms. The Bertz CT molecular complexity index is 574. The van der Waals surface area contributed by atoms with Gasteiger partial charge in [-0.05, 0) is 32.3 Å². The molecule has 1 heterocycles. The van der Waals surface area contributed by atoms with Crippen LogP contribution < -0.4 is 10.9 Å². The number of hydrogen-bond donors (Lipinski definition) is 2. The third kappa shape index (κ3) is 3.20. The minimum absolute atomic E-state index is 0.144. The van der Waals surface area contributed by atoms with Crippen LogP contribution in [0.2, 0.25) is 0 Å². The number of Topliss-reactive ketones (excluding diaryl/α,β-unsaturated/α-hetero) is 1. The number of aromatic nitrogens is 1. The maximum atomic E-state index is 12.7. The first-order chi connectivity index (χ1) is 9.27. The molecule has 0 radical (unpaired) electrons. The predicted octanol–water partition coefficient (Wildman–Crippen LogP) is 2.49. The fourth-order valence-corrected chi connectivity index (χ4v) is 2.08. The summed E-state index contributed by atoms with van der Waals surface area (Å²) in [5, 5.41) is 3.00. The highest BCUT2D eigenvalue weighted by Gasteiger charge is 2.35. The predicted molar refractivity (Wildman–Crippen MR) is 67.7 cm³/mol. The fourth-order valence-electron chi connectivity index (χ4n) is 2.08. The molecule has 0 unspecified atom stereocenters. The Morgan fingerprint density at radius 1 is 1.45 bits per heavy atom. The molecule has 0 aromatic carbocycles. The molecule has 110 valence electrons. The summed E-state index contributed by atoms with van der Waals surface area (Å²) >= 11 is 0. The Kier molecular flexibility index (Phi) is 3.87. The van der Waals surface area contributed by atoms with Gasteiger partial charge in [-0.2, -0.15) is 13.2 Å². The number of anilines is 1. The molecule has 2 N–H and O–H groups in total. The van der Waals surface area contributed by atoms with Crippen LogP contribution in [-0.2, 0) is 17.4 Å². The maximum absolute atomic E-state index is 12.7. The van der Waals surface area contributed by atoms with Gasteiger partial charge in [-0.1, -0.05) is 0 Å². The van der Waals surface area contributed by atoms with Gasteiger partial charge in [-0.25, -0.2) is 0 Å². The summed E-state index contributed by atoms with van der Waals surface area (Å²) in [4.78, 5) is 24.9. The van der Waals surface area contributed by atoms with Crippen molar-refractivity contribution < 1.29 is 18.0 Å². The first-order valence-corrected chi connectivity index (χ1v) is 6.36. The van der Waals surface area contributed by atoms with Crippen LogP contribution in [0, 0.1) is 0 Å². The Balaban J connectivity index is 2.41. The highest BCUT2D eigenvalue weighted by atomic mass is 19.4. The lowest BCUT2D eigenvalue weighted by Gasteiger charge is -2.28. The number of alkyl halides is 3. The van der Waals surface area contributed by atoms with Crippen LogP contribution in [-0.4, -0.2) is 16.8 Å². The molecular formula is C13H15F3N2O2. The first kappa shape index (κ1) is 14.6. The molecule has 1 aromatic rings. The van der Waals surface area contributed by atoms with Crippen LogP contribution >= 0.6 is 0 Å². The van der Waals surface area contributed by atoms with E-state index in [-0.39, 0.29) is 29.6 Å². The molecule has 1 aromatic heterocycles. The van der Waals surface area contributed by atoms with Crippen LogP contribution in [0.1, 0.15) is 37.3 Å². The minimum Gasteiger partial charge on any atom is -0.369 e. The van der Waals surface area contributed by atoms with Gasteiger partial charge in [0.1, 0.15) is 17.2 Å². The van der Waals surface area contributed by atoms with E-state index in [0.29, 0.717) is 0 Å². The number of rotatable bonds is 4. The van der Waals surface area contributed by atoms with E-state index in [4.69, 9.17) is 0 Å². The Morgan fingerprint density at radius 3 is 2.55 bits per heavy atom. The number of ketones is 1. The smallest absolute Gasteiger partial charge is 0.369 e. The molecule has 0 saturated heterocycles. The van der Waals surface area contributed by atoms with Crippen molar-refractivity contribution in [3.8, 4) is 0 Å². The molecule has 0 spiro atoms. The minimum atomic E-state index is -4.73. The lowest BCUT2D eigenvalue weighted by molar-refractivity contribution is -0.138. The van der Waals surface area contributed by atoms with Crippen molar-refractivity contribution in [1.82, 2.24) is 4.98 Å². The number of aromatic amines is 1. The quantitative estimate of drug-likeness (QED) is 0.894. The van der Waals surface area contributed by atoms with Crippen LogP contribution in [0.25, 0.3) is 0 Å². The standard InChI is InChI=1S/C13H15F3N2O2/c1-7(19)5-8-6-10(13(14,15)16)12(20)18-11(8)17-9-3-2-4-9/h6,9H,2-5H2,1H3,(H2,17,18,20). The van der Waals surface area contributed by atoms with Gasteiger partial charge in [0.05, 0.1) is 0 Å². The Labute approximate surface area is 113 Å². The summed E-state index contributed by atoms with van der Waals surface area (Å²) in [6.07, 6.45) is -2.02. The molecule has 0 bridgehead atoms. The summed E-state index contributed by atoms with van der Waals surface area (Å²) in [5.41, 5.74) is -2.28. The van der Waals surface area contributed by atoms with Crippen molar-refractivity contribution in [2.24, 2.45) is 0 Å². The third-order valence-electron chi connectivity index (χ3n) is 3.32. The SMILES string of the molecule is CC(=O)Cc1cc(C(F)(F)F)c(=O)[nH]c1NC1CCC1. The number of carbonyl (C=O) groups excluding carboxylic acids is 1. The fraction of sp³-hybridized carbons (Fsp3) is 0.538. The second-order valence-electron chi connectivity index (χ2n) is 5.06. The largest absolute Gasteiger partial charge is 0.421 e. The van der Waals surface area contributed by atoms with Crippen molar-refractivity contribution in [1.29, 1.82) is 0 Å². The molecule has 20 heavy (non-hydrogen) atoms. The number of carbonyl (C=O) groups is 1. The van der Waals surface area contributed by atoms with Crippen molar-refractivity contribution in [3.05, 3.63) is 27.5 Å². The van der Waals surface area contributed by atoms with Crippen molar-refractivity contribution >= 4 is 11.6 Å². The molecule has 1 aliphatic carbocycles. The lowest BCUT2D eigenvalue weighted by atomic mass is 9.93. The average molecular weight is 288 g/mol. The van der Waals surface area contributed by atoms with E-state index in [0.717, 1.165) is 25.3 Å². The van der Waals surface area contributed by atoms with Gasteiger partial charge in [0.2, 0.25) is 0 Å². The number of pyridine rings is 1. The number of nitrogens with one attached hydrogen (secondary N) is 2. The first-order valence-electron chi connectivity index (χ1n) is 6.36. The van der Waals surface area contributed by atoms with Gasteiger partial charge in [0, 0.05) is 18.0 Å². The molecule has 1 aliphatic rings. The van der Waals surface area contributed by atoms with E-state index in [1.807, 2.05) is 0 Å². The van der Waals surface area contributed by atoms with E-state index in [9.17, 15) is 22.8 Å². The Morgan fingerprint density at radius 2 is 2.10 bits per heavy atom. The average Bonchev–Trinajstić information content (AvgIpc) is 2.24. The van der Waals surface area contributed by atoms with E-state index >= 15 is 0 Å². The van der Waals surface area contributed by atoms with Crippen molar-refractivity contribution in [3.63, 3.8) is 0 Å². The van der Waals surface area contributed by atoms with Crippen molar-refractivity contribution in [2.75, 3.05) is 5.32 Å². The van der Waals surface area contributed by atoms with Crippen molar-refractivity contribution in [2.45, 2.75) is 44.8 Å². The summed E-state index contributed by atoms with van der Waals surface area (Å²) in [5.74, 6) is -0.0373. The topological polar surface area (TPSA) is 62.0 Å². The van der Waals surface area contributed by atoms with Gasteiger partial charge in [0.25, 0.3) is 5.56 Å². The second-order valence-corrected chi connectivity index (χ2v) is 5.06. The molecular weight excluding hydrogens is 273 g/mol.